The van der Waals surface area contributed by atoms with Crippen LogP contribution in [0.4, 0.5) is 0 Å². The molecular weight excluding hydrogens is 426 g/mol. The summed E-state index contributed by atoms with van der Waals surface area (Å²) in [6.07, 6.45) is 9.41. The van der Waals surface area contributed by atoms with E-state index in [1.165, 1.54) is 61.6 Å². The number of halogens is 1. The van der Waals surface area contributed by atoms with E-state index < -0.39 is 0 Å². The summed E-state index contributed by atoms with van der Waals surface area (Å²) in [4.78, 5) is 0. The van der Waals surface area contributed by atoms with E-state index >= 15 is 0 Å². The van der Waals surface area contributed by atoms with Crippen LogP contribution in [-0.4, -0.2) is 12.6 Å². The number of hydrogen-bond donors (Lipinski definition) is 1. The monoisotopic (exact) mass is 459 g/mol. The molecule has 3 rings (SSSR count). The second kappa shape index (κ2) is 11.6. The van der Waals surface area contributed by atoms with Gasteiger partial charge in [0.15, 0.2) is 11.5 Å². The van der Waals surface area contributed by atoms with E-state index in [1.54, 1.807) is 0 Å². The Kier molecular flexibility index (Phi) is 8.88. The number of benzene rings is 2. The third kappa shape index (κ3) is 7.04. The van der Waals surface area contributed by atoms with Crippen molar-refractivity contribution in [2.75, 3.05) is 6.61 Å². The summed E-state index contributed by atoms with van der Waals surface area (Å²) >= 11 is 3.75. The molecule has 4 heteroatoms. The van der Waals surface area contributed by atoms with Crippen molar-refractivity contribution in [1.29, 1.82) is 0 Å². The van der Waals surface area contributed by atoms with Crippen molar-refractivity contribution in [2.45, 2.75) is 78.0 Å². The lowest BCUT2D eigenvalue weighted by Gasteiger charge is -2.22. The van der Waals surface area contributed by atoms with Gasteiger partial charge in [0.1, 0.15) is 6.61 Å². The third-order valence-corrected chi connectivity index (χ3v) is 6.31. The Morgan fingerprint density at radius 3 is 2.41 bits per heavy atom. The lowest BCUT2D eigenvalue weighted by atomic mass is 9.96. The van der Waals surface area contributed by atoms with E-state index in [9.17, 15) is 0 Å². The van der Waals surface area contributed by atoms with Gasteiger partial charge in [-0.25, -0.2) is 0 Å². The Morgan fingerprint density at radius 2 is 1.69 bits per heavy atom. The van der Waals surface area contributed by atoms with Crippen molar-refractivity contribution in [3.8, 4) is 11.5 Å². The normalized spacial score (nSPS) is 15.6. The summed E-state index contributed by atoms with van der Waals surface area (Å²) in [6.45, 7) is 6.12. The predicted octanol–water partition coefficient (Wildman–Crippen LogP) is 6.94. The first-order valence-corrected chi connectivity index (χ1v) is 11.8. The van der Waals surface area contributed by atoms with Gasteiger partial charge < -0.3 is 14.8 Å². The van der Waals surface area contributed by atoms with Crippen LogP contribution >= 0.6 is 15.9 Å². The molecule has 1 aliphatic rings. The number of hydrogen-bond acceptors (Lipinski definition) is 3. The molecule has 0 unspecified atom stereocenters. The number of ether oxygens (including phenoxy) is 2. The quantitative estimate of drug-likeness (QED) is 0.463. The highest BCUT2D eigenvalue weighted by Gasteiger charge is 2.14. The maximum Gasteiger partial charge on any atom is 0.162 e. The summed E-state index contributed by atoms with van der Waals surface area (Å²) in [7, 11) is 0. The van der Waals surface area contributed by atoms with E-state index in [-0.39, 0.29) is 0 Å². The van der Waals surface area contributed by atoms with Gasteiger partial charge >= 0.3 is 0 Å². The molecule has 2 aromatic rings. The minimum Gasteiger partial charge on any atom is -0.490 e. The minimum atomic E-state index is 0.536. The Morgan fingerprint density at radius 1 is 0.966 bits per heavy atom. The molecule has 0 amide bonds. The fourth-order valence-electron chi connectivity index (χ4n) is 3.97. The van der Waals surface area contributed by atoms with Crippen LogP contribution in [0.1, 0.15) is 68.6 Å². The van der Waals surface area contributed by atoms with Crippen molar-refractivity contribution in [3.05, 3.63) is 57.6 Å². The number of aryl methyl sites for hydroxylation is 1. The fourth-order valence-corrected chi connectivity index (χ4v) is 4.43. The van der Waals surface area contributed by atoms with Crippen LogP contribution in [0.5, 0.6) is 11.5 Å². The van der Waals surface area contributed by atoms with Crippen LogP contribution < -0.4 is 14.8 Å². The number of rotatable bonds is 8. The van der Waals surface area contributed by atoms with E-state index in [4.69, 9.17) is 9.47 Å². The highest BCUT2D eigenvalue weighted by atomic mass is 79.9. The second-order valence-electron chi connectivity index (χ2n) is 8.02. The smallest absolute Gasteiger partial charge is 0.162 e. The van der Waals surface area contributed by atoms with Gasteiger partial charge in [-0.1, -0.05) is 77.9 Å². The Bertz CT molecular complexity index is 769. The Balaban J connectivity index is 1.66. The van der Waals surface area contributed by atoms with Crippen LogP contribution in [0.2, 0.25) is 0 Å². The first kappa shape index (κ1) is 22.2. The predicted molar refractivity (Wildman–Crippen MR) is 124 cm³/mol. The maximum atomic E-state index is 6.12. The molecule has 0 atom stereocenters. The van der Waals surface area contributed by atoms with Crippen LogP contribution in [0.3, 0.4) is 0 Å². The van der Waals surface area contributed by atoms with Crippen LogP contribution in [0, 0.1) is 6.92 Å². The standard InChI is InChI=1S/C25H34BrNO2/c1-3-28-24-15-21(17-27-22-12-7-5-4-6-8-13-22)23(26)16-25(24)29-18-20-11-9-10-19(2)14-20/h9-11,14-16,22,27H,3-8,12-13,17-18H2,1-2H3. The first-order valence-electron chi connectivity index (χ1n) is 11.0. The molecule has 2 aromatic carbocycles. The molecule has 1 fully saturated rings. The van der Waals surface area contributed by atoms with E-state index in [0.717, 1.165) is 22.5 Å². The molecule has 0 radical (unpaired) electrons. The van der Waals surface area contributed by atoms with Crippen molar-refractivity contribution in [1.82, 2.24) is 5.32 Å². The maximum absolute atomic E-state index is 6.12. The SMILES string of the molecule is CCOc1cc(CNC2CCCCCCC2)c(Br)cc1OCc1cccc(C)c1. The molecule has 1 N–H and O–H groups in total. The highest BCUT2D eigenvalue weighted by molar-refractivity contribution is 9.10. The van der Waals surface area contributed by atoms with Gasteiger partial charge in [0, 0.05) is 17.1 Å². The van der Waals surface area contributed by atoms with Gasteiger partial charge in [-0.15, -0.1) is 0 Å². The van der Waals surface area contributed by atoms with Gasteiger partial charge in [0.25, 0.3) is 0 Å². The lowest BCUT2D eigenvalue weighted by molar-refractivity contribution is 0.268. The average Bonchev–Trinajstić information content (AvgIpc) is 2.68. The van der Waals surface area contributed by atoms with Crippen molar-refractivity contribution < 1.29 is 9.47 Å². The van der Waals surface area contributed by atoms with Gasteiger partial charge in [0.2, 0.25) is 0 Å². The van der Waals surface area contributed by atoms with Crippen molar-refractivity contribution in [3.63, 3.8) is 0 Å². The van der Waals surface area contributed by atoms with Crippen LogP contribution in [0.15, 0.2) is 40.9 Å². The molecule has 0 heterocycles. The minimum absolute atomic E-state index is 0.536. The molecule has 1 saturated carbocycles. The molecule has 158 valence electrons. The highest BCUT2D eigenvalue weighted by Crippen LogP contribution is 2.34. The van der Waals surface area contributed by atoms with Gasteiger partial charge in [-0.3, -0.25) is 0 Å². The van der Waals surface area contributed by atoms with E-state index in [0.29, 0.717) is 19.3 Å². The van der Waals surface area contributed by atoms with Gasteiger partial charge in [-0.05, 0) is 49.9 Å². The van der Waals surface area contributed by atoms with Gasteiger partial charge in [-0.2, -0.15) is 0 Å². The number of nitrogens with one attached hydrogen (secondary N) is 1. The molecule has 3 nitrogen and oxygen atoms in total. The zero-order valence-electron chi connectivity index (χ0n) is 17.8. The molecule has 1 aliphatic carbocycles. The van der Waals surface area contributed by atoms with E-state index in [2.05, 4.69) is 64.6 Å². The van der Waals surface area contributed by atoms with Crippen molar-refractivity contribution in [2.24, 2.45) is 0 Å². The molecule has 0 saturated heterocycles. The zero-order chi connectivity index (χ0) is 20.5. The van der Waals surface area contributed by atoms with Gasteiger partial charge in [0.05, 0.1) is 6.61 Å². The first-order chi connectivity index (χ1) is 14.2. The molecule has 0 aromatic heterocycles. The lowest BCUT2D eigenvalue weighted by Crippen LogP contribution is -2.29. The summed E-state index contributed by atoms with van der Waals surface area (Å²) in [6, 6.07) is 13.2. The summed E-state index contributed by atoms with van der Waals surface area (Å²) < 4.78 is 13.1. The summed E-state index contributed by atoms with van der Waals surface area (Å²) in [5, 5.41) is 3.77. The Labute approximate surface area is 184 Å². The molecule has 0 bridgehead atoms. The molecule has 0 spiro atoms. The topological polar surface area (TPSA) is 30.5 Å². The molecule has 29 heavy (non-hydrogen) atoms. The summed E-state index contributed by atoms with van der Waals surface area (Å²) in [5.41, 5.74) is 3.63. The van der Waals surface area contributed by atoms with Crippen LogP contribution in [0.25, 0.3) is 0 Å². The van der Waals surface area contributed by atoms with E-state index in [1.807, 2.05) is 6.92 Å². The Hall–Kier alpha value is -1.52. The van der Waals surface area contributed by atoms with Crippen LogP contribution in [-0.2, 0) is 13.2 Å². The second-order valence-corrected chi connectivity index (χ2v) is 8.88. The molecule has 0 aliphatic heterocycles. The molecular formula is C25H34BrNO2. The largest absolute Gasteiger partial charge is 0.490 e. The van der Waals surface area contributed by atoms with Crippen molar-refractivity contribution >= 4 is 15.9 Å². The average molecular weight is 460 g/mol. The summed E-state index contributed by atoms with van der Waals surface area (Å²) in [5.74, 6) is 1.60. The third-order valence-electron chi connectivity index (χ3n) is 5.58. The zero-order valence-corrected chi connectivity index (χ0v) is 19.4. The fraction of sp³-hybridized carbons (Fsp3) is 0.520.